The van der Waals surface area contributed by atoms with Crippen LogP contribution in [0.2, 0.25) is 0 Å². The van der Waals surface area contributed by atoms with Crippen LogP contribution < -0.4 is 4.80 Å². The van der Waals surface area contributed by atoms with E-state index in [1.165, 1.54) is 33.8 Å². The molecule has 0 bridgehead atoms. The smallest absolute Gasteiger partial charge is 0.294 e. The van der Waals surface area contributed by atoms with Gasteiger partial charge in [-0.3, -0.25) is 0 Å². The number of rotatable bonds is 6. The second-order valence-corrected chi connectivity index (χ2v) is 9.42. The predicted octanol–water partition coefficient (Wildman–Crippen LogP) is 3.71. The molecule has 3 aromatic rings. The van der Waals surface area contributed by atoms with Crippen LogP contribution in [0.3, 0.4) is 0 Å². The molecule has 3 rings (SSSR count). The highest BCUT2D eigenvalue weighted by Gasteiger charge is 2.16. The van der Waals surface area contributed by atoms with Gasteiger partial charge in [0.15, 0.2) is 0 Å². The van der Waals surface area contributed by atoms with Crippen molar-refractivity contribution in [1.82, 2.24) is 4.57 Å². The molecular weight excluding hydrogens is 376 g/mol. The van der Waals surface area contributed by atoms with Crippen molar-refractivity contribution < 1.29 is 13.2 Å². The molecule has 0 unspecified atom stereocenters. The van der Waals surface area contributed by atoms with Crippen molar-refractivity contribution in [2.45, 2.75) is 31.5 Å². The van der Waals surface area contributed by atoms with E-state index in [0.29, 0.717) is 24.6 Å². The Morgan fingerprint density at radius 2 is 2.00 bits per heavy atom. The number of thiophene rings is 1. The Hall–Kier alpha value is -1.48. The van der Waals surface area contributed by atoms with Crippen molar-refractivity contribution in [3.8, 4) is 0 Å². The molecule has 0 radical (unpaired) electrons. The average Bonchev–Trinajstić information content (AvgIpc) is 3.18. The Labute approximate surface area is 155 Å². The summed E-state index contributed by atoms with van der Waals surface area (Å²) in [5, 5.41) is 1.74. The topological polar surface area (TPSA) is 60.7 Å². The third-order valence-electron chi connectivity index (χ3n) is 3.91. The summed E-state index contributed by atoms with van der Waals surface area (Å²) >= 11 is 2.57. The molecule has 1 aromatic carbocycles. The number of benzene rings is 1. The molecule has 0 spiro atoms. The van der Waals surface area contributed by atoms with Crippen molar-refractivity contribution in [3.05, 3.63) is 45.6 Å². The molecule has 0 amide bonds. The Balaban J connectivity index is 2.19. The molecule has 0 saturated carbocycles. The van der Waals surface area contributed by atoms with Gasteiger partial charge in [0.2, 0.25) is 4.80 Å². The van der Waals surface area contributed by atoms with Gasteiger partial charge in [-0.2, -0.15) is 8.42 Å². The molecule has 0 atom stereocenters. The highest BCUT2D eigenvalue weighted by molar-refractivity contribution is 7.92. The first-order chi connectivity index (χ1) is 11.9. The van der Waals surface area contributed by atoms with Gasteiger partial charge in [-0.15, -0.1) is 15.7 Å². The van der Waals surface area contributed by atoms with E-state index in [0.717, 1.165) is 10.2 Å². The number of fused-ring (bicyclic) bond motifs is 1. The number of aryl methyl sites for hydroxylation is 2. The summed E-state index contributed by atoms with van der Waals surface area (Å²) in [5.74, 6) is 0. The lowest BCUT2D eigenvalue weighted by molar-refractivity contribution is 0.139. The van der Waals surface area contributed by atoms with Crippen LogP contribution in [-0.4, -0.2) is 26.2 Å². The van der Waals surface area contributed by atoms with Gasteiger partial charge in [0.1, 0.15) is 4.21 Å². The Morgan fingerprint density at radius 3 is 2.68 bits per heavy atom. The third-order valence-corrected chi connectivity index (χ3v) is 7.71. The van der Waals surface area contributed by atoms with Crippen LogP contribution in [0.25, 0.3) is 10.2 Å². The van der Waals surface area contributed by atoms with Crippen LogP contribution in [0.15, 0.2) is 38.3 Å². The molecule has 0 saturated heterocycles. The van der Waals surface area contributed by atoms with Crippen molar-refractivity contribution in [2.24, 2.45) is 4.40 Å². The zero-order valence-electron chi connectivity index (χ0n) is 14.4. The maximum absolute atomic E-state index is 12.6. The Morgan fingerprint density at radius 1 is 1.24 bits per heavy atom. The summed E-state index contributed by atoms with van der Waals surface area (Å²) in [6.07, 6.45) is 0. The number of sulfonamides is 1. The minimum absolute atomic E-state index is 0.258. The standard InChI is InChI=1S/C17H20N2O3S3/c1-4-22-8-7-19-14-10-12(2)13(3)11-15(14)24-17(19)18-25(20,21)16-6-5-9-23-16/h5-6,9-11H,4,7-8H2,1-3H3. The van der Waals surface area contributed by atoms with Gasteiger partial charge >= 0.3 is 0 Å². The summed E-state index contributed by atoms with van der Waals surface area (Å²) in [6.45, 7) is 7.75. The first-order valence-corrected chi connectivity index (χ1v) is 11.1. The van der Waals surface area contributed by atoms with Gasteiger partial charge in [-0.1, -0.05) is 17.4 Å². The number of hydrogen-bond donors (Lipinski definition) is 0. The fourth-order valence-corrected chi connectivity index (χ4v) is 5.77. The zero-order valence-corrected chi connectivity index (χ0v) is 16.8. The average molecular weight is 397 g/mol. The molecule has 0 aliphatic heterocycles. The van der Waals surface area contributed by atoms with Gasteiger partial charge in [0.25, 0.3) is 10.0 Å². The van der Waals surface area contributed by atoms with E-state index in [1.54, 1.807) is 17.5 Å². The van der Waals surface area contributed by atoms with E-state index >= 15 is 0 Å². The fraction of sp³-hybridized carbons (Fsp3) is 0.353. The molecule has 134 valence electrons. The fourth-order valence-electron chi connectivity index (χ4n) is 2.47. The number of ether oxygens (including phenoxy) is 1. The maximum Gasteiger partial charge on any atom is 0.294 e. The summed E-state index contributed by atoms with van der Waals surface area (Å²) in [5.41, 5.74) is 3.34. The molecule has 0 fully saturated rings. The normalized spacial score (nSPS) is 13.0. The first kappa shape index (κ1) is 18.3. The predicted molar refractivity (Wildman–Crippen MR) is 103 cm³/mol. The SMILES string of the molecule is CCOCCn1c(=NS(=O)(=O)c2cccs2)sc2cc(C)c(C)cc21. The minimum atomic E-state index is -3.70. The van der Waals surface area contributed by atoms with Crippen molar-refractivity contribution in [3.63, 3.8) is 0 Å². The van der Waals surface area contributed by atoms with E-state index < -0.39 is 10.0 Å². The molecular formula is C17H20N2O3S3. The lowest BCUT2D eigenvalue weighted by Crippen LogP contribution is -2.19. The van der Waals surface area contributed by atoms with Gasteiger partial charge in [-0.05, 0) is 55.5 Å². The lowest BCUT2D eigenvalue weighted by Gasteiger charge is -2.07. The first-order valence-electron chi connectivity index (χ1n) is 7.95. The van der Waals surface area contributed by atoms with Crippen LogP contribution in [-0.2, 0) is 21.3 Å². The largest absolute Gasteiger partial charge is 0.380 e. The Bertz CT molecular complexity index is 1040. The van der Waals surface area contributed by atoms with Gasteiger partial charge < -0.3 is 9.30 Å². The van der Waals surface area contributed by atoms with E-state index in [4.69, 9.17) is 4.74 Å². The van der Waals surface area contributed by atoms with E-state index in [1.807, 2.05) is 11.5 Å². The van der Waals surface area contributed by atoms with Gasteiger partial charge in [-0.25, -0.2) is 0 Å². The molecule has 5 nitrogen and oxygen atoms in total. The summed E-state index contributed by atoms with van der Waals surface area (Å²) < 4.78 is 37.9. The van der Waals surface area contributed by atoms with Crippen LogP contribution in [0.5, 0.6) is 0 Å². The van der Waals surface area contributed by atoms with Gasteiger partial charge in [0, 0.05) is 13.2 Å². The molecule has 8 heteroatoms. The van der Waals surface area contributed by atoms with Crippen molar-refractivity contribution in [2.75, 3.05) is 13.2 Å². The molecule has 0 aliphatic rings. The molecule has 2 heterocycles. The van der Waals surface area contributed by atoms with Crippen molar-refractivity contribution >= 4 is 42.9 Å². The lowest BCUT2D eigenvalue weighted by atomic mass is 10.1. The van der Waals surface area contributed by atoms with E-state index in [9.17, 15) is 8.42 Å². The summed E-state index contributed by atoms with van der Waals surface area (Å²) in [7, 11) is -3.70. The van der Waals surface area contributed by atoms with E-state index in [-0.39, 0.29) is 4.21 Å². The highest BCUT2D eigenvalue weighted by Crippen LogP contribution is 2.23. The number of aromatic nitrogens is 1. The second kappa shape index (κ2) is 7.41. The molecule has 0 N–H and O–H groups in total. The maximum atomic E-state index is 12.6. The monoisotopic (exact) mass is 396 g/mol. The quantitative estimate of drug-likeness (QED) is 0.597. The third kappa shape index (κ3) is 3.87. The Kier molecular flexibility index (Phi) is 5.43. The van der Waals surface area contributed by atoms with Gasteiger partial charge in [0.05, 0.1) is 16.8 Å². The highest BCUT2D eigenvalue weighted by atomic mass is 32.2. The van der Waals surface area contributed by atoms with Crippen LogP contribution in [0.1, 0.15) is 18.1 Å². The molecule has 0 aliphatic carbocycles. The number of thiazole rings is 1. The van der Waals surface area contributed by atoms with Crippen molar-refractivity contribution in [1.29, 1.82) is 0 Å². The molecule has 2 aromatic heterocycles. The zero-order chi connectivity index (χ0) is 18.0. The summed E-state index contributed by atoms with van der Waals surface area (Å²) in [4.78, 5) is 0.480. The van der Waals surface area contributed by atoms with Crippen LogP contribution >= 0.6 is 22.7 Å². The second-order valence-electron chi connectivity index (χ2n) is 5.64. The van der Waals surface area contributed by atoms with Crippen LogP contribution in [0, 0.1) is 13.8 Å². The van der Waals surface area contributed by atoms with Crippen LogP contribution in [0.4, 0.5) is 0 Å². The number of hydrogen-bond acceptors (Lipinski definition) is 5. The number of nitrogens with zero attached hydrogens (tertiary/aromatic N) is 2. The molecule has 25 heavy (non-hydrogen) atoms. The summed E-state index contributed by atoms with van der Waals surface area (Å²) in [6, 6.07) is 7.47. The minimum Gasteiger partial charge on any atom is -0.380 e. The van der Waals surface area contributed by atoms with E-state index in [2.05, 4.69) is 30.4 Å².